The zero-order valence-electron chi connectivity index (χ0n) is 11.5. The molecule has 1 aliphatic rings. The highest BCUT2D eigenvalue weighted by atomic mass is 16.6. The largest absolute Gasteiger partial charge is 0.388 e. The Morgan fingerprint density at radius 2 is 2.15 bits per heavy atom. The molecule has 7 heteroatoms. The van der Waals surface area contributed by atoms with Crippen molar-refractivity contribution in [1.29, 1.82) is 0 Å². The minimum absolute atomic E-state index is 0.0226. The smallest absolute Gasteiger partial charge is 0.273 e. The first kappa shape index (κ1) is 14.1. The number of amides is 1. The number of carbonyl (C=O) groups excluding carboxylic acids is 1. The van der Waals surface area contributed by atoms with E-state index < -0.39 is 4.92 Å². The van der Waals surface area contributed by atoms with Crippen LogP contribution in [0.3, 0.4) is 0 Å². The molecule has 2 N–H and O–H groups in total. The van der Waals surface area contributed by atoms with Crippen LogP contribution in [0.5, 0.6) is 0 Å². The summed E-state index contributed by atoms with van der Waals surface area (Å²) >= 11 is 0. The van der Waals surface area contributed by atoms with E-state index in [1.54, 1.807) is 14.1 Å². The number of nitrogens with one attached hydrogen (secondary N) is 2. The van der Waals surface area contributed by atoms with Crippen molar-refractivity contribution in [2.24, 2.45) is 0 Å². The number of nitro groups is 1. The summed E-state index contributed by atoms with van der Waals surface area (Å²) in [4.78, 5) is 24.4. The summed E-state index contributed by atoms with van der Waals surface area (Å²) in [6.07, 6.45) is 1.66. The van der Waals surface area contributed by atoms with E-state index in [0.717, 1.165) is 19.4 Å². The van der Waals surface area contributed by atoms with Crippen molar-refractivity contribution in [3.05, 3.63) is 28.3 Å². The lowest BCUT2D eigenvalue weighted by Crippen LogP contribution is -2.42. The van der Waals surface area contributed by atoms with Gasteiger partial charge in [0.2, 0.25) is 5.91 Å². The molecule has 0 spiro atoms. The van der Waals surface area contributed by atoms with E-state index in [4.69, 9.17) is 0 Å². The van der Waals surface area contributed by atoms with Gasteiger partial charge < -0.3 is 15.5 Å². The van der Waals surface area contributed by atoms with Crippen LogP contribution in [0, 0.1) is 10.1 Å². The first-order valence-electron chi connectivity index (χ1n) is 6.52. The van der Waals surface area contributed by atoms with E-state index in [1.807, 2.05) is 11.0 Å². The van der Waals surface area contributed by atoms with E-state index in [9.17, 15) is 14.9 Å². The Kier molecular flexibility index (Phi) is 4.07. The standard InChI is InChI=1S/C13H18N4O3/c1-14-9-6-10(8-11(7-9)17(19)20)16-5-3-4-12(16)13(18)15-2/h6-8,12,14H,3-5H2,1-2H3,(H,15,18). The van der Waals surface area contributed by atoms with Gasteiger partial charge >= 0.3 is 0 Å². The Bertz CT molecular complexity index is 532. The highest BCUT2D eigenvalue weighted by Crippen LogP contribution is 2.31. The minimum atomic E-state index is -0.421. The maximum atomic E-state index is 11.9. The molecule has 1 atom stereocenters. The Balaban J connectivity index is 2.38. The molecule has 20 heavy (non-hydrogen) atoms. The van der Waals surface area contributed by atoms with Crippen LogP contribution < -0.4 is 15.5 Å². The zero-order chi connectivity index (χ0) is 14.7. The Morgan fingerprint density at radius 3 is 2.75 bits per heavy atom. The lowest BCUT2D eigenvalue weighted by molar-refractivity contribution is -0.384. The molecule has 108 valence electrons. The molecule has 1 saturated heterocycles. The monoisotopic (exact) mass is 278 g/mol. The molecule has 1 aliphatic heterocycles. The average molecular weight is 278 g/mol. The summed E-state index contributed by atoms with van der Waals surface area (Å²) in [5, 5.41) is 16.5. The van der Waals surface area contributed by atoms with Gasteiger partial charge in [-0.3, -0.25) is 14.9 Å². The third-order valence-electron chi connectivity index (χ3n) is 3.54. The molecule has 1 aromatic carbocycles. The summed E-state index contributed by atoms with van der Waals surface area (Å²) in [6, 6.07) is 4.57. The molecule has 0 aromatic heterocycles. The van der Waals surface area contributed by atoms with Crippen LogP contribution in [-0.4, -0.2) is 37.5 Å². The number of hydrogen-bond acceptors (Lipinski definition) is 5. The molecule has 0 aliphatic carbocycles. The summed E-state index contributed by atoms with van der Waals surface area (Å²) in [5.74, 6) is -0.0555. The van der Waals surface area contributed by atoms with Crippen LogP contribution in [0.15, 0.2) is 18.2 Å². The van der Waals surface area contributed by atoms with Crippen LogP contribution in [-0.2, 0) is 4.79 Å². The minimum Gasteiger partial charge on any atom is -0.388 e. The summed E-state index contributed by atoms with van der Waals surface area (Å²) in [5.41, 5.74) is 1.39. The summed E-state index contributed by atoms with van der Waals surface area (Å²) in [6.45, 7) is 0.725. The molecular formula is C13H18N4O3. The van der Waals surface area contributed by atoms with Crippen molar-refractivity contribution >= 4 is 23.0 Å². The van der Waals surface area contributed by atoms with E-state index in [-0.39, 0.29) is 17.6 Å². The fraction of sp³-hybridized carbons (Fsp3) is 0.462. The van der Waals surface area contributed by atoms with Crippen molar-refractivity contribution in [2.75, 3.05) is 30.9 Å². The molecule has 1 aromatic rings. The SMILES string of the molecule is CNC(=O)C1CCCN1c1cc(NC)cc([N+](=O)[O-])c1. The Morgan fingerprint density at radius 1 is 1.40 bits per heavy atom. The van der Waals surface area contributed by atoms with Crippen molar-refractivity contribution in [3.63, 3.8) is 0 Å². The van der Waals surface area contributed by atoms with E-state index in [0.29, 0.717) is 11.4 Å². The van der Waals surface area contributed by atoms with Crippen LogP contribution in [0.4, 0.5) is 17.1 Å². The van der Waals surface area contributed by atoms with Gasteiger partial charge in [-0.15, -0.1) is 0 Å². The predicted octanol–water partition coefficient (Wildman–Crippen LogP) is 1.35. The third-order valence-corrected chi connectivity index (χ3v) is 3.54. The van der Waals surface area contributed by atoms with Crippen molar-refractivity contribution in [3.8, 4) is 0 Å². The molecule has 2 rings (SSSR count). The molecule has 0 radical (unpaired) electrons. The van der Waals surface area contributed by atoms with Crippen molar-refractivity contribution < 1.29 is 9.72 Å². The van der Waals surface area contributed by atoms with Gasteiger partial charge in [-0.25, -0.2) is 0 Å². The van der Waals surface area contributed by atoms with Gasteiger partial charge in [0.15, 0.2) is 0 Å². The van der Waals surface area contributed by atoms with Crippen LogP contribution in [0.1, 0.15) is 12.8 Å². The molecule has 1 amide bonds. The zero-order valence-corrected chi connectivity index (χ0v) is 11.5. The van der Waals surface area contributed by atoms with Crippen LogP contribution in [0.2, 0.25) is 0 Å². The molecule has 7 nitrogen and oxygen atoms in total. The fourth-order valence-electron chi connectivity index (χ4n) is 2.53. The van der Waals surface area contributed by atoms with Crippen molar-refractivity contribution in [1.82, 2.24) is 5.32 Å². The van der Waals surface area contributed by atoms with E-state index in [2.05, 4.69) is 10.6 Å². The molecule has 1 heterocycles. The number of benzene rings is 1. The lowest BCUT2D eigenvalue weighted by atomic mass is 10.1. The van der Waals surface area contributed by atoms with E-state index >= 15 is 0 Å². The first-order valence-corrected chi connectivity index (χ1v) is 6.52. The van der Waals surface area contributed by atoms with Gasteiger partial charge in [0, 0.05) is 44.1 Å². The van der Waals surface area contributed by atoms with Gasteiger partial charge in [-0.2, -0.15) is 0 Å². The molecule has 1 fully saturated rings. The fourth-order valence-corrected chi connectivity index (χ4v) is 2.53. The maximum absolute atomic E-state index is 11.9. The lowest BCUT2D eigenvalue weighted by Gasteiger charge is -2.25. The average Bonchev–Trinajstić information content (AvgIpc) is 2.95. The summed E-state index contributed by atoms with van der Waals surface area (Å²) in [7, 11) is 3.31. The molecule has 0 saturated carbocycles. The second kappa shape index (κ2) is 5.77. The highest BCUT2D eigenvalue weighted by molar-refractivity contribution is 5.86. The number of carbonyl (C=O) groups is 1. The number of nitrogens with zero attached hydrogens (tertiary/aromatic N) is 2. The predicted molar refractivity (Wildman–Crippen MR) is 77.1 cm³/mol. The summed E-state index contributed by atoms with van der Waals surface area (Å²) < 4.78 is 0. The van der Waals surface area contributed by atoms with E-state index in [1.165, 1.54) is 12.1 Å². The van der Waals surface area contributed by atoms with Gasteiger partial charge in [0.05, 0.1) is 4.92 Å². The van der Waals surface area contributed by atoms with Crippen molar-refractivity contribution in [2.45, 2.75) is 18.9 Å². The number of hydrogen-bond donors (Lipinski definition) is 2. The first-order chi connectivity index (χ1) is 9.56. The normalized spacial score (nSPS) is 17.9. The molecule has 1 unspecified atom stereocenters. The number of likely N-dealkylation sites (N-methyl/N-ethyl adjacent to an activating group) is 1. The van der Waals surface area contributed by atoms with Gasteiger partial charge in [-0.1, -0.05) is 0 Å². The van der Waals surface area contributed by atoms with Crippen LogP contribution in [0.25, 0.3) is 0 Å². The van der Waals surface area contributed by atoms with Gasteiger partial charge in [0.25, 0.3) is 5.69 Å². The highest BCUT2D eigenvalue weighted by Gasteiger charge is 2.31. The maximum Gasteiger partial charge on any atom is 0.273 e. The second-order valence-electron chi connectivity index (χ2n) is 4.71. The third kappa shape index (κ3) is 2.66. The Labute approximate surface area is 117 Å². The number of non-ortho nitro benzene ring substituents is 1. The number of nitro benzene ring substituents is 1. The quantitative estimate of drug-likeness (QED) is 0.641. The van der Waals surface area contributed by atoms with Crippen LogP contribution >= 0.6 is 0 Å². The second-order valence-corrected chi connectivity index (χ2v) is 4.71. The number of rotatable bonds is 4. The molecular weight excluding hydrogens is 260 g/mol. The molecule has 0 bridgehead atoms. The topological polar surface area (TPSA) is 87.5 Å². The Hall–Kier alpha value is -2.31. The van der Waals surface area contributed by atoms with Gasteiger partial charge in [-0.05, 0) is 18.9 Å². The van der Waals surface area contributed by atoms with Gasteiger partial charge in [0.1, 0.15) is 6.04 Å². The number of anilines is 2.